The number of hydrogen-bond acceptors (Lipinski definition) is 2. The molecule has 0 aromatic rings. The van der Waals surface area contributed by atoms with Gasteiger partial charge in [0.25, 0.3) is 0 Å². The van der Waals surface area contributed by atoms with Gasteiger partial charge in [0.15, 0.2) is 0 Å². The molecule has 3 aliphatic rings. The van der Waals surface area contributed by atoms with Crippen molar-refractivity contribution in [2.24, 2.45) is 11.8 Å². The van der Waals surface area contributed by atoms with Gasteiger partial charge < -0.3 is 10.4 Å². The van der Waals surface area contributed by atoms with Gasteiger partial charge in [-0.3, -0.25) is 0 Å². The maximum atomic E-state index is 9.78. The van der Waals surface area contributed by atoms with Gasteiger partial charge in [0.1, 0.15) is 0 Å². The van der Waals surface area contributed by atoms with Crippen molar-refractivity contribution in [3.8, 4) is 0 Å². The minimum absolute atomic E-state index is 0.0602. The summed E-state index contributed by atoms with van der Waals surface area (Å²) in [5.41, 5.74) is 0. The zero-order chi connectivity index (χ0) is 9.54. The maximum absolute atomic E-state index is 9.78. The lowest BCUT2D eigenvalue weighted by Crippen LogP contribution is -2.44. The number of hydrogen-bond donors (Lipinski definition) is 2. The van der Waals surface area contributed by atoms with E-state index < -0.39 is 0 Å². The average Bonchev–Trinajstić information content (AvgIpc) is 3.05. The van der Waals surface area contributed by atoms with Crippen LogP contribution in [-0.4, -0.2) is 23.3 Å². The molecule has 3 aliphatic carbocycles. The Labute approximate surface area is 86.1 Å². The van der Waals surface area contributed by atoms with Crippen LogP contribution in [-0.2, 0) is 0 Å². The highest BCUT2D eigenvalue weighted by Crippen LogP contribution is 2.45. The number of aliphatic hydroxyl groups excluding tert-OH is 1. The van der Waals surface area contributed by atoms with Crippen molar-refractivity contribution in [2.75, 3.05) is 0 Å². The summed E-state index contributed by atoms with van der Waals surface area (Å²) in [4.78, 5) is 0. The quantitative estimate of drug-likeness (QED) is 0.715. The minimum atomic E-state index is -0.0602. The minimum Gasteiger partial charge on any atom is -0.392 e. The molecule has 3 fully saturated rings. The predicted octanol–water partition coefficient (Wildman–Crippen LogP) is 1.68. The summed E-state index contributed by atoms with van der Waals surface area (Å²) in [6.45, 7) is 0. The van der Waals surface area contributed by atoms with Crippen molar-refractivity contribution in [2.45, 2.75) is 63.1 Å². The van der Waals surface area contributed by atoms with Crippen LogP contribution in [0.1, 0.15) is 44.9 Å². The SMILES string of the molecule is O[C@@H]1CCC[C@H]1NC(C1CC1)C1CC1. The van der Waals surface area contributed by atoms with Crippen molar-refractivity contribution >= 4 is 0 Å². The number of aliphatic hydroxyl groups is 1. The second-order valence-electron chi connectivity index (χ2n) is 5.47. The molecule has 0 aromatic carbocycles. The van der Waals surface area contributed by atoms with Crippen molar-refractivity contribution < 1.29 is 5.11 Å². The molecule has 3 saturated carbocycles. The molecule has 2 N–H and O–H groups in total. The Hall–Kier alpha value is -0.0800. The molecular formula is C12H21NO. The van der Waals surface area contributed by atoms with Gasteiger partial charge in [-0.15, -0.1) is 0 Å². The summed E-state index contributed by atoms with van der Waals surface area (Å²) in [7, 11) is 0. The Morgan fingerprint density at radius 1 is 0.929 bits per heavy atom. The van der Waals surface area contributed by atoms with E-state index in [1.165, 1.54) is 38.5 Å². The normalized spacial score (nSPS) is 38.1. The lowest BCUT2D eigenvalue weighted by Gasteiger charge is -2.24. The van der Waals surface area contributed by atoms with E-state index in [2.05, 4.69) is 5.32 Å². The fourth-order valence-electron chi connectivity index (χ4n) is 2.95. The molecule has 0 heterocycles. The second-order valence-corrected chi connectivity index (χ2v) is 5.47. The van der Waals surface area contributed by atoms with Crippen LogP contribution in [0, 0.1) is 11.8 Å². The fraction of sp³-hybridized carbons (Fsp3) is 1.00. The van der Waals surface area contributed by atoms with Gasteiger partial charge in [-0.25, -0.2) is 0 Å². The van der Waals surface area contributed by atoms with Gasteiger partial charge in [-0.05, 0) is 56.8 Å². The van der Waals surface area contributed by atoms with E-state index in [9.17, 15) is 5.11 Å². The predicted molar refractivity (Wildman–Crippen MR) is 56.0 cm³/mol. The average molecular weight is 195 g/mol. The van der Waals surface area contributed by atoms with E-state index in [0.29, 0.717) is 6.04 Å². The highest BCUT2D eigenvalue weighted by molar-refractivity contribution is 4.99. The monoisotopic (exact) mass is 195 g/mol. The van der Waals surface area contributed by atoms with Gasteiger partial charge in [0, 0.05) is 12.1 Å². The topological polar surface area (TPSA) is 32.3 Å². The highest BCUT2D eigenvalue weighted by atomic mass is 16.3. The van der Waals surface area contributed by atoms with Crippen molar-refractivity contribution in [1.82, 2.24) is 5.32 Å². The van der Waals surface area contributed by atoms with Crippen LogP contribution in [0.5, 0.6) is 0 Å². The first-order valence-corrected chi connectivity index (χ1v) is 6.29. The molecule has 0 radical (unpaired) electrons. The Morgan fingerprint density at radius 2 is 1.57 bits per heavy atom. The van der Waals surface area contributed by atoms with E-state index >= 15 is 0 Å². The molecule has 0 bridgehead atoms. The van der Waals surface area contributed by atoms with Gasteiger partial charge in [0.05, 0.1) is 6.10 Å². The van der Waals surface area contributed by atoms with E-state index in [1.54, 1.807) is 0 Å². The largest absolute Gasteiger partial charge is 0.392 e. The lowest BCUT2D eigenvalue weighted by atomic mass is 10.0. The summed E-state index contributed by atoms with van der Waals surface area (Å²) in [6.07, 6.45) is 9.06. The first-order valence-electron chi connectivity index (χ1n) is 6.29. The zero-order valence-electron chi connectivity index (χ0n) is 8.78. The molecule has 14 heavy (non-hydrogen) atoms. The van der Waals surface area contributed by atoms with Crippen molar-refractivity contribution in [3.63, 3.8) is 0 Å². The van der Waals surface area contributed by atoms with Crippen LogP contribution in [0.25, 0.3) is 0 Å². The smallest absolute Gasteiger partial charge is 0.0693 e. The number of nitrogens with one attached hydrogen (secondary N) is 1. The molecule has 2 atom stereocenters. The molecule has 0 saturated heterocycles. The molecule has 3 rings (SSSR count). The third-order valence-electron chi connectivity index (χ3n) is 4.15. The molecule has 80 valence electrons. The van der Waals surface area contributed by atoms with Crippen molar-refractivity contribution in [3.05, 3.63) is 0 Å². The molecule has 0 aromatic heterocycles. The Morgan fingerprint density at radius 3 is 2.00 bits per heavy atom. The number of rotatable bonds is 4. The Bertz CT molecular complexity index is 198. The molecule has 0 amide bonds. The summed E-state index contributed by atoms with van der Waals surface area (Å²) in [5, 5.41) is 13.5. The molecule has 2 nitrogen and oxygen atoms in total. The van der Waals surface area contributed by atoms with E-state index in [1.807, 2.05) is 0 Å². The van der Waals surface area contributed by atoms with Crippen LogP contribution < -0.4 is 5.32 Å². The van der Waals surface area contributed by atoms with Gasteiger partial charge in [-0.1, -0.05) is 0 Å². The van der Waals surface area contributed by atoms with Crippen molar-refractivity contribution in [1.29, 1.82) is 0 Å². The molecule has 2 heteroatoms. The molecule has 0 aliphatic heterocycles. The van der Waals surface area contributed by atoms with E-state index in [4.69, 9.17) is 0 Å². The fourth-order valence-corrected chi connectivity index (χ4v) is 2.95. The van der Waals surface area contributed by atoms with E-state index in [0.717, 1.165) is 24.3 Å². The first-order chi connectivity index (χ1) is 6.84. The summed E-state index contributed by atoms with van der Waals surface area (Å²) >= 11 is 0. The third-order valence-corrected chi connectivity index (χ3v) is 4.15. The van der Waals surface area contributed by atoms with Crippen LogP contribution in [0.3, 0.4) is 0 Å². The first kappa shape index (κ1) is 9.17. The molecule has 0 spiro atoms. The maximum Gasteiger partial charge on any atom is 0.0693 e. The molecular weight excluding hydrogens is 174 g/mol. The Balaban J connectivity index is 1.57. The zero-order valence-corrected chi connectivity index (χ0v) is 8.78. The Kier molecular flexibility index (Phi) is 2.29. The summed E-state index contributed by atoms with van der Waals surface area (Å²) in [5.74, 6) is 1.91. The van der Waals surface area contributed by atoms with Crippen LogP contribution in [0.4, 0.5) is 0 Å². The van der Waals surface area contributed by atoms with E-state index in [-0.39, 0.29) is 6.10 Å². The highest BCUT2D eigenvalue weighted by Gasteiger charge is 2.43. The van der Waals surface area contributed by atoms with Gasteiger partial charge >= 0.3 is 0 Å². The molecule has 0 unspecified atom stereocenters. The summed E-state index contributed by atoms with van der Waals surface area (Å²) in [6, 6.07) is 1.17. The van der Waals surface area contributed by atoms with Crippen LogP contribution in [0.2, 0.25) is 0 Å². The van der Waals surface area contributed by atoms with Crippen LogP contribution in [0.15, 0.2) is 0 Å². The van der Waals surface area contributed by atoms with Gasteiger partial charge in [-0.2, -0.15) is 0 Å². The standard InChI is InChI=1S/C12H21NO/c14-11-3-1-2-10(11)13-12(8-4-5-8)9-6-7-9/h8-14H,1-7H2/t10-,11-/m1/s1. The lowest BCUT2D eigenvalue weighted by molar-refractivity contribution is 0.138. The summed E-state index contributed by atoms with van der Waals surface area (Å²) < 4.78 is 0. The third kappa shape index (κ3) is 1.82. The van der Waals surface area contributed by atoms with Gasteiger partial charge in [0.2, 0.25) is 0 Å². The van der Waals surface area contributed by atoms with Crippen LogP contribution >= 0.6 is 0 Å². The second kappa shape index (κ2) is 3.49.